The summed E-state index contributed by atoms with van der Waals surface area (Å²) in [6, 6.07) is -0.361. The highest BCUT2D eigenvalue weighted by Gasteiger charge is 2.21. The van der Waals surface area contributed by atoms with E-state index in [1.54, 1.807) is 0 Å². The molecule has 0 bridgehead atoms. The molecule has 0 fully saturated rings. The molecule has 18 heavy (non-hydrogen) atoms. The normalized spacial score (nSPS) is 12.5. The van der Waals surface area contributed by atoms with Crippen molar-refractivity contribution in [3.05, 3.63) is 15.9 Å². The van der Waals surface area contributed by atoms with Gasteiger partial charge in [-0.1, -0.05) is 6.92 Å². The molecular weight excluding hydrogens is 298 g/mol. The van der Waals surface area contributed by atoms with Gasteiger partial charge < -0.3 is 10.1 Å². The lowest BCUT2D eigenvalue weighted by Crippen LogP contribution is -2.41. The molecular formula is C12H20BrN3O2. The van der Waals surface area contributed by atoms with E-state index >= 15 is 0 Å². The molecule has 1 atom stereocenters. The minimum absolute atomic E-state index is 0.257. The molecule has 1 aromatic heterocycles. The number of hydrogen-bond donors (Lipinski definition) is 1. The molecule has 0 aliphatic rings. The van der Waals surface area contributed by atoms with E-state index in [4.69, 9.17) is 4.74 Å². The lowest BCUT2D eigenvalue weighted by atomic mass is 10.2. The fourth-order valence-corrected chi connectivity index (χ4v) is 1.99. The first-order valence-electron chi connectivity index (χ1n) is 6.02. The summed E-state index contributed by atoms with van der Waals surface area (Å²) in [6.45, 7) is 7.21. The van der Waals surface area contributed by atoms with Gasteiger partial charge in [-0.3, -0.25) is 9.48 Å². The molecule has 1 aromatic rings. The van der Waals surface area contributed by atoms with Crippen molar-refractivity contribution in [1.82, 2.24) is 15.1 Å². The first kappa shape index (κ1) is 15.2. The van der Waals surface area contributed by atoms with Crippen molar-refractivity contribution >= 4 is 21.9 Å². The van der Waals surface area contributed by atoms with Gasteiger partial charge in [0.15, 0.2) is 0 Å². The molecule has 0 aromatic carbocycles. The molecule has 0 saturated carbocycles. The number of halogens is 1. The smallest absolute Gasteiger partial charge is 0.324 e. The van der Waals surface area contributed by atoms with Crippen molar-refractivity contribution in [2.24, 2.45) is 0 Å². The van der Waals surface area contributed by atoms with E-state index in [1.165, 1.54) is 7.11 Å². The summed E-state index contributed by atoms with van der Waals surface area (Å²) >= 11 is 3.48. The SMILES string of the molecule is CCCNC(Cn1nc(C)c(Br)c1C)C(=O)OC. The lowest BCUT2D eigenvalue weighted by Gasteiger charge is -2.16. The number of carbonyl (C=O) groups is 1. The first-order chi connectivity index (χ1) is 8.51. The van der Waals surface area contributed by atoms with Crippen LogP contribution in [0, 0.1) is 13.8 Å². The largest absolute Gasteiger partial charge is 0.468 e. The van der Waals surface area contributed by atoms with Gasteiger partial charge in [-0.2, -0.15) is 5.10 Å². The third-order valence-electron chi connectivity index (χ3n) is 2.78. The Morgan fingerprint density at radius 2 is 2.22 bits per heavy atom. The van der Waals surface area contributed by atoms with Gasteiger partial charge in [0.2, 0.25) is 0 Å². The van der Waals surface area contributed by atoms with Crippen molar-refractivity contribution in [3.8, 4) is 0 Å². The highest BCUT2D eigenvalue weighted by molar-refractivity contribution is 9.10. The predicted molar refractivity (Wildman–Crippen MR) is 73.5 cm³/mol. The molecule has 102 valence electrons. The van der Waals surface area contributed by atoms with Gasteiger partial charge in [-0.15, -0.1) is 0 Å². The second kappa shape index (κ2) is 6.89. The van der Waals surface area contributed by atoms with E-state index in [9.17, 15) is 4.79 Å². The van der Waals surface area contributed by atoms with E-state index in [2.05, 4.69) is 33.3 Å². The van der Waals surface area contributed by atoms with Crippen LogP contribution in [0.2, 0.25) is 0 Å². The van der Waals surface area contributed by atoms with Crippen LogP contribution in [0.3, 0.4) is 0 Å². The van der Waals surface area contributed by atoms with Gasteiger partial charge in [0.25, 0.3) is 0 Å². The van der Waals surface area contributed by atoms with Gasteiger partial charge in [-0.25, -0.2) is 0 Å². The molecule has 0 saturated heterocycles. The fourth-order valence-electron chi connectivity index (χ4n) is 1.71. The topological polar surface area (TPSA) is 56.2 Å². The lowest BCUT2D eigenvalue weighted by molar-refractivity contribution is -0.143. The van der Waals surface area contributed by atoms with Crippen LogP contribution in [0.25, 0.3) is 0 Å². The molecule has 0 radical (unpaired) electrons. The summed E-state index contributed by atoms with van der Waals surface area (Å²) in [6.07, 6.45) is 0.967. The van der Waals surface area contributed by atoms with Crippen molar-refractivity contribution in [1.29, 1.82) is 0 Å². The second-order valence-corrected chi connectivity index (χ2v) is 4.99. The number of ether oxygens (including phenoxy) is 1. The van der Waals surface area contributed by atoms with Gasteiger partial charge in [0.05, 0.1) is 23.8 Å². The number of aromatic nitrogens is 2. The number of hydrogen-bond acceptors (Lipinski definition) is 4. The van der Waals surface area contributed by atoms with Crippen LogP contribution in [0.5, 0.6) is 0 Å². The van der Waals surface area contributed by atoms with E-state index < -0.39 is 0 Å². The zero-order chi connectivity index (χ0) is 13.7. The summed E-state index contributed by atoms with van der Waals surface area (Å²) in [7, 11) is 1.40. The Kier molecular flexibility index (Phi) is 5.81. The first-order valence-corrected chi connectivity index (χ1v) is 6.81. The average molecular weight is 318 g/mol. The molecule has 1 rings (SSSR count). The van der Waals surface area contributed by atoms with Crippen LogP contribution in [-0.4, -0.2) is 35.4 Å². The maximum absolute atomic E-state index is 11.7. The van der Waals surface area contributed by atoms with Crippen LogP contribution < -0.4 is 5.32 Å². The van der Waals surface area contributed by atoms with Gasteiger partial charge >= 0.3 is 5.97 Å². The van der Waals surface area contributed by atoms with Crippen molar-refractivity contribution in [3.63, 3.8) is 0 Å². The monoisotopic (exact) mass is 317 g/mol. The number of esters is 1. The summed E-state index contributed by atoms with van der Waals surface area (Å²) in [4.78, 5) is 11.7. The van der Waals surface area contributed by atoms with Gasteiger partial charge in [0.1, 0.15) is 6.04 Å². The molecule has 1 N–H and O–H groups in total. The van der Waals surface area contributed by atoms with E-state index in [1.807, 2.05) is 18.5 Å². The predicted octanol–water partition coefficient (Wildman–Crippen LogP) is 1.80. The molecule has 0 amide bonds. The Balaban J connectivity index is 2.81. The summed E-state index contributed by atoms with van der Waals surface area (Å²) in [5.41, 5.74) is 1.94. The Morgan fingerprint density at radius 1 is 1.56 bits per heavy atom. The maximum atomic E-state index is 11.7. The molecule has 1 unspecified atom stereocenters. The molecule has 0 spiro atoms. The third-order valence-corrected chi connectivity index (χ3v) is 3.92. The summed E-state index contributed by atoms with van der Waals surface area (Å²) in [5, 5.41) is 7.57. The zero-order valence-electron chi connectivity index (χ0n) is 11.3. The van der Waals surface area contributed by atoms with E-state index in [0.717, 1.165) is 28.8 Å². The van der Waals surface area contributed by atoms with Gasteiger partial charge in [0, 0.05) is 5.69 Å². The van der Waals surface area contributed by atoms with Crippen LogP contribution in [0.1, 0.15) is 24.7 Å². The fraction of sp³-hybridized carbons (Fsp3) is 0.667. The van der Waals surface area contributed by atoms with Crippen molar-refractivity contribution in [2.45, 2.75) is 39.8 Å². The number of rotatable bonds is 6. The van der Waals surface area contributed by atoms with Gasteiger partial charge in [-0.05, 0) is 42.7 Å². The van der Waals surface area contributed by atoms with Crippen LogP contribution in [0.15, 0.2) is 4.47 Å². The highest BCUT2D eigenvalue weighted by Crippen LogP contribution is 2.19. The Morgan fingerprint density at radius 3 is 2.67 bits per heavy atom. The van der Waals surface area contributed by atoms with Crippen LogP contribution >= 0.6 is 15.9 Å². The molecule has 5 nitrogen and oxygen atoms in total. The number of methoxy groups -OCH3 is 1. The Labute approximate surface area is 116 Å². The molecule has 1 heterocycles. The number of carbonyl (C=O) groups excluding carboxylic acids is 1. The molecule has 0 aliphatic carbocycles. The Bertz CT molecular complexity index is 418. The quantitative estimate of drug-likeness (QED) is 0.813. The highest BCUT2D eigenvalue weighted by atomic mass is 79.9. The molecule has 0 aliphatic heterocycles. The van der Waals surface area contributed by atoms with Crippen molar-refractivity contribution < 1.29 is 9.53 Å². The minimum Gasteiger partial charge on any atom is -0.468 e. The summed E-state index contributed by atoms with van der Waals surface area (Å²) in [5.74, 6) is -0.257. The maximum Gasteiger partial charge on any atom is 0.324 e. The zero-order valence-corrected chi connectivity index (χ0v) is 12.9. The number of aryl methyl sites for hydroxylation is 1. The average Bonchev–Trinajstić information content (AvgIpc) is 2.61. The molecule has 6 heteroatoms. The Hall–Kier alpha value is -0.880. The minimum atomic E-state index is -0.361. The number of nitrogens with one attached hydrogen (secondary N) is 1. The standard InChI is InChI=1S/C12H20BrN3O2/c1-5-6-14-10(12(17)18-4)7-16-9(3)11(13)8(2)15-16/h10,14H,5-7H2,1-4H3. The second-order valence-electron chi connectivity index (χ2n) is 4.20. The number of nitrogens with zero attached hydrogens (tertiary/aromatic N) is 2. The van der Waals surface area contributed by atoms with Crippen LogP contribution in [-0.2, 0) is 16.1 Å². The van der Waals surface area contributed by atoms with Crippen molar-refractivity contribution in [2.75, 3.05) is 13.7 Å². The third kappa shape index (κ3) is 3.55. The van der Waals surface area contributed by atoms with Crippen LogP contribution in [0.4, 0.5) is 0 Å². The van der Waals surface area contributed by atoms with E-state index in [0.29, 0.717) is 6.54 Å². The van der Waals surface area contributed by atoms with E-state index in [-0.39, 0.29) is 12.0 Å². The summed E-state index contributed by atoms with van der Waals surface area (Å²) < 4.78 is 7.61.